The largest absolute Gasteiger partial charge is 0.396 e. The fourth-order valence-corrected chi connectivity index (χ4v) is 1.87. The quantitative estimate of drug-likeness (QED) is 0.312. The number of rotatable bonds is 4. The molecular formula is C9H19N3O2. The van der Waals surface area contributed by atoms with Gasteiger partial charge >= 0.3 is 0 Å². The summed E-state index contributed by atoms with van der Waals surface area (Å²) in [7, 11) is 0. The van der Waals surface area contributed by atoms with Crippen molar-refractivity contribution < 1.29 is 9.90 Å². The lowest BCUT2D eigenvalue weighted by molar-refractivity contribution is -0.122. The Balaban J connectivity index is 2.31. The van der Waals surface area contributed by atoms with Crippen molar-refractivity contribution >= 4 is 5.91 Å². The van der Waals surface area contributed by atoms with Crippen LogP contribution in [-0.4, -0.2) is 41.7 Å². The van der Waals surface area contributed by atoms with Gasteiger partial charge in [-0.3, -0.25) is 15.1 Å². The summed E-state index contributed by atoms with van der Waals surface area (Å²) >= 11 is 0. The second kappa shape index (κ2) is 5.29. The van der Waals surface area contributed by atoms with E-state index in [4.69, 9.17) is 10.9 Å². The van der Waals surface area contributed by atoms with E-state index in [2.05, 4.69) is 10.3 Å². The number of carbonyl (C=O) groups excluding carboxylic acids is 1. The van der Waals surface area contributed by atoms with Crippen LogP contribution in [0.1, 0.15) is 19.8 Å². The number of aliphatic hydroxyl groups is 1. The molecule has 0 bridgehead atoms. The molecule has 14 heavy (non-hydrogen) atoms. The Bertz CT molecular complexity index is 198. The van der Waals surface area contributed by atoms with Crippen molar-refractivity contribution in [3.63, 3.8) is 0 Å². The van der Waals surface area contributed by atoms with Gasteiger partial charge in [0.1, 0.15) is 0 Å². The summed E-state index contributed by atoms with van der Waals surface area (Å²) in [4.78, 5) is 13.2. The molecule has 1 aliphatic rings. The van der Waals surface area contributed by atoms with E-state index >= 15 is 0 Å². The van der Waals surface area contributed by atoms with Crippen molar-refractivity contribution in [1.82, 2.24) is 10.3 Å². The molecule has 1 fully saturated rings. The fraction of sp³-hybridized carbons (Fsp3) is 0.889. The van der Waals surface area contributed by atoms with E-state index in [1.165, 1.54) is 0 Å². The smallest absolute Gasteiger partial charge is 0.235 e. The van der Waals surface area contributed by atoms with E-state index in [9.17, 15) is 4.79 Å². The average Bonchev–Trinajstić information content (AvgIpc) is 2.65. The number of nitrogens with zero attached hydrogens (tertiary/aromatic N) is 1. The topological polar surface area (TPSA) is 78.6 Å². The van der Waals surface area contributed by atoms with Crippen molar-refractivity contribution in [2.45, 2.75) is 25.8 Å². The number of nitrogens with two attached hydrogens (primary N) is 1. The minimum absolute atomic E-state index is 0.134. The first-order valence-corrected chi connectivity index (χ1v) is 5.01. The van der Waals surface area contributed by atoms with Crippen LogP contribution in [-0.2, 0) is 4.79 Å². The van der Waals surface area contributed by atoms with Gasteiger partial charge in [-0.15, -0.1) is 0 Å². The number of aliphatic hydroxyl groups excluding tert-OH is 1. The molecule has 0 aliphatic carbocycles. The molecule has 5 heteroatoms. The van der Waals surface area contributed by atoms with Crippen LogP contribution < -0.4 is 11.3 Å². The number of hydrazine groups is 1. The predicted octanol–water partition coefficient (Wildman–Crippen LogP) is -0.931. The molecule has 0 saturated carbocycles. The van der Waals surface area contributed by atoms with Gasteiger partial charge in [-0.2, -0.15) is 0 Å². The zero-order valence-corrected chi connectivity index (χ0v) is 8.57. The van der Waals surface area contributed by atoms with Crippen LogP contribution in [0.2, 0.25) is 0 Å². The van der Waals surface area contributed by atoms with Gasteiger partial charge in [0.2, 0.25) is 5.91 Å². The van der Waals surface area contributed by atoms with E-state index < -0.39 is 0 Å². The van der Waals surface area contributed by atoms with Crippen molar-refractivity contribution in [2.24, 2.45) is 11.8 Å². The van der Waals surface area contributed by atoms with Crippen molar-refractivity contribution in [3.05, 3.63) is 0 Å². The van der Waals surface area contributed by atoms with Gasteiger partial charge < -0.3 is 5.11 Å². The standard InChI is InChI=1S/C9H19N3O2/c1-7(4-9(14)11-10)12-3-2-8(5-12)6-13/h7-8,13H,2-6,10H2,1H3,(H,11,14). The lowest BCUT2D eigenvalue weighted by Crippen LogP contribution is -2.38. The van der Waals surface area contributed by atoms with Gasteiger partial charge in [0.05, 0.1) is 0 Å². The maximum absolute atomic E-state index is 11.0. The summed E-state index contributed by atoms with van der Waals surface area (Å²) in [5, 5.41) is 8.97. The number of hydrogen-bond acceptors (Lipinski definition) is 4. The van der Waals surface area contributed by atoms with E-state index in [1.54, 1.807) is 0 Å². The molecule has 82 valence electrons. The molecule has 1 saturated heterocycles. The third kappa shape index (κ3) is 2.94. The molecule has 5 nitrogen and oxygen atoms in total. The third-order valence-corrected chi connectivity index (χ3v) is 2.84. The average molecular weight is 201 g/mol. The van der Waals surface area contributed by atoms with Crippen LogP contribution in [0.4, 0.5) is 0 Å². The van der Waals surface area contributed by atoms with E-state index in [0.29, 0.717) is 12.3 Å². The van der Waals surface area contributed by atoms with Crippen LogP contribution in [0, 0.1) is 5.92 Å². The minimum Gasteiger partial charge on any atom is -0.396 e. The molecule has 0 aromatic carbocycles. The summed E-state index contributed by atoms with van der Waals surface area (Å²) in [6, 6.07) is 0.204. The van der Waals surface area contributed by atoms with Crippen molar-refractivity contribution in [3.8, 4) is 0 Å². The molecule has 1 aliphatic heterocycles. The van der Waals surface area contributed by atoms with Crippen molar-refractivity contribution in [1.29, 1.82) is 0 Å². The first kappa shape index (κ1) is 11.4. The van der Waals surface area contributed by atoms with Crippen molar-refractivity contribution in [2.75, 3.05) is 19.7 Å². The Hall–Kier alpha value is -0.650. The van der Waals surface area contributed by atoms with Crippen LogP contribution in [0.15, 0.2) is 0 Å². The summed E-state index contributed by atoms with van der Waals surface area (Å²) in [5.74, 6) is 5.25. The number of hydrogen-bond donors (Lipinski definition) is 3. The molecular weight excluding hydrogens is 182 g/mol. The summed E-state index contributed by atoms with van der Waals surface area (Å²) < 4.78 is 0. The van der Waals surface area contributed by atoms with Crippen LogP contribution in [0.5, 0.6) is 0 Å². The zero-order valence-electron chi connectivity index (χ0n) is 8.57. The monoisotopic (exact) mass is 201 g/mol. The SMILES string of the molecule is CC(CC(=O)NN)N1CCC(CO)C1. The minimum atomic E-state index is -0.134. The van der Waals surface area contributed by atoms with Gasteiger partial charge in [0, 0.05) is 25.6 Å². The Kier molecular flexibility index (Phi) is 4.31. The molecule has 0 spiro atoms. The number of nitrogens with one attached hydrogen (secondary N) is 1. The number of carbonyl (C=O) groups is 1. The first-order valence-electron chi connectivity index (χ1n) is 5.01. The Morgan fingerprint density at radius 1 is 1.79 bits per heavy atom. The van der Waals surface area contributed by atoms with Crippen LogP contribution in [0.3, 0.4) is 0 Å². The Morgan fingerprint density at radius 2 is 2.50 bits per heavy atom. The maximum atomic E-state index is 11.0. The summed E-state index contributed by atoms with van der Waals surface area (Å²) in [6.07, 6.45) is 1.44. The van der Waals surface area contributed by atoms with Crippen LogP contribution in [0.25, 0.3) is 0 Å². The zero-order chi connectivity index (χ0) is 10.6. The Labute approximate surface area is 84.2 Å². The summed E-state index contributed by atoms with van der Waals surface area (Å²) in [6.45, 7) is 4.10. The Morgan fingerprint density at radius 3 is 3.00 bits per heavy atom. The van der Waals surface area contributed by atoms with Gasteiger partial charge in [-0.05, 0) is 25.8 Å². The number of likely N-dealkylation sites (tertiary alicyclic amines) is 1. The lowest BCUT2D eigenvalue weighted by Gasteiger charge is -2.23. The third-order valence-electron chi connectivity index (χ3n) is 2.84. The molecule has 2 atom stereocenters. The highest BCUT2D eigenvalue weighted by molar-refractivity contribution is 5.75. The molecule has 1 heterocycles. The highest BCUT2D eigenvalue weighted by Gasteiger charge is 2.26. The molecule has 0 aromatic heterocycles. The molecule has 4 N–H and O–H groups in total. The van der Waals surface area contributed by atoms with Gasteiger partial charge in [-0.25, -0.2) is 5.84 Å². The van der Waals surface area contributed by atoms with E-state index in [1.807, 2.05) is 6.92 Å². The molecule has 0 aromatic rings. The second-order valence-electron chi connectivity index (χ2n) is 3.95. The fourth-order valence-electron chi connectivity index (χ4n) is 1.87. The number of amides is 1. The maximum Gasteiger partial charge on any atom is 0.235 e. The van der Waals surface area contributed by atoms with Crippen LogP contribution >= 0.6 is 0 Å². The lowest BCUT2D eigenvalue weighted by atomic mass is 10.1. The van der Waals surface area contributed by atoms with Gasteiger partial charge in [0.25, 0.3) is 0 Å². The second-order valence-corrected chi connectivity index (χ2v) is 3.95. The van der Waals surface area contributed by atoms with E-state index in [-0.39, 0.29) is 18.6 Å². The summed E-state index contributed by atoms with van der Waals surface area (Å²) in [5.41, 5.74) is 2.13. The molecule has 0 radical (unpaired) electrons. The molecule has 1 rings (SSSR count). The molecule has 1 amide bonds. The van der Waals surface area contributed by atoms with E-state index in [0.717, 1.165) is 19.5 Å². The highest BCUT2D eigenvalue weighted by Crippen LogP contribution is 2.19. The molecule has 2 unspecified atom stereocenters. The highest BCUT2D eigenvalue weighted by atomic mass is 16.3. The predicted molar refractivity (Wildman–Crippen MR) is 53.2 cm³/mol. The normalized spacial score (nSPS) is 24.9. The first-order chi connectivity index (χ1) is 6.67. The van der Waals surface area contributed by atoms with Gasteiger partial charge in [-0.1, -0.05) is 0 Å². The van der Waals surface area contributed by atoms with Gasteiger partial charge in [0.15, 0.2) is 0 Å².